The van der Waals surface area contributed by atoms with Gasteiger partial charge in [0.05, 0.1) is 15.1 Å². The zero-order valence-electron chi connectivity index (χ0n) is 11.6. The monoisotopic (exact) mass is 436 g/mol. The smallest absolute Gasteiger partial charge is 0.336 e. The van der Waals surface area contributed by atoms with E-state index in [1.807, 2.05) is 12.1 Å². The van der Waals surface area contributed by atoms with E-state index in [1.165, 1.54) is 0 Å². The fourth-order valence-electron chi connectivity index (χ4n) is 1.80. The van der Waals surface area contributed by atoms with Gasteiger partial charge in [0.15, 0.2) is 0 Å². The molecule has 0 bridgehead atoms. The summed E-state index contributed by atoms with van der Waals surface area (Å²) in [6.07, 6.45) is 4.96. The summed E-state index contributed by atoms with van der Waals surface area (Å²) in [6, 6.07) is 7.38. The van der Waals surface area contributed by atoms with Gasteiger partial charge in [0.2, 0.25) is 0 Å². The summed E-state index contributed by atoms with van der Waals surface area (Å²) in [5, 5.41) is 17.8. The molecule has 3 aromatic rings. The highest BCUT2D eigenvalue weighted by atomic mass is 79.9. The van der Waals surface area contributed by atoms with Crippen molar-refractivity contribution in [3.8, 4) is 23.0 Å². The van der Waals surface area contributed by atoms with Crippen molar-refractivity contribution in [2.75, 3.05) is 0 Å². The third-order valence-electron chi connectivity index (χ3n) is 2.97. The first kappa shape index (κ1) is 15.8. The summed E-state index contributed by atoms with van der Waals surface area (Å²) in [5.41, 5.74) is 2.31. The lowest BCUT2D eigenvalue weighted by atomic mass is 10.1. The van der Waals surface area contributed by atoms with Gasteiger partial charge in [-0.05, 0) is 61.7 Å². The predicted octanol–water partition coefficient (Wildman–Crippen LogP) is 3.74. The van der Waals surface area contributed by atoms with Crippen LogP contribution >= 0.6 is 31.9 Å². The van der Waals surface area contributed by atoms with Crippen molar-refractivity contribution in [2.24, 2.45) is 0 Å². The molecule has 0 aliphatic rings. The molecule has 3 rings (SSSR count). The van der Waals surface area contributed by atoms with Crippen molar-refractivity contribution in [1.29, 1.82) is 0 Å². The molecule has 6 nitrogen and oxygen atoms in total. The van der Waals surface area contributed by atoms with E-state index in [9.17, 15) is 5.11 Å². The van der Waals surface area contributed by atoms with Crippen LogP contribution in [0.2, 0.25) is 0 Å². The van der Waals surface area contributed by atoms with Crippen LogP contribution in [0.25, 0.3) is 11.3 Å². The number of phenols is 1. The van der Waals surface area contributed by atoms with E-state index in [1.54, 1.807) is 30.7 Å². The van der Waals surface area contributed by atoms with Crippen LogP contribution in [0, 0.1) is 0 Å². The second-order valence-corrected chi connectivity index (χ2v) is 6.27. The number of nitrogens with zero attached hydrogens (tertiary/aromatic N) is 4. The molecule has 0 saturated carbocycles. The molecular formula is C15H10Br2N4O2. The highest BCUT2D eigenvalue weighted by Gasteiger charge is 2.10. The highest BCUT2D eigenvalue weighted by Crippen LogP contribution is 2.36. The quantitative estimate of drug-likeness (QED) is 0.669. The first-order chi connectivity index (χ1) is 11.1. The molecule has 0 spiro atoms. The Morgan fingerprint density at radius 3 is 2.35 bits per heavy atom. The Bertz CT molecular complexity index is 790. The molecule has 0 fully saturated rings. The number of pyridine rings is 1. The van der Waals surface area contributed by atoms with E-state index >= 15 is 0 Å². The van der Waals surface area contributed by atoms with E-state index in [2.05, 4.69) is 52.0 Å². The maximum Gasteiger partial charge on any atom is 0.336 e. The molecule has 2 aromatic heterocycles. The largest absolute Gasteiger partial charge is 0.506 e. The number of hydrogen-bond acceptors (Lipinski definition) is 6. The zero-order valence-corrected chi connectivity index (χ0v) is 14.8. The molecule has 116 valence electrons. The van der Waals surface area contributed by atoms with Crippen LogP contribution in [0.4, 0.5) is 0 Å². The van der Waals surface area contributed by atoms with Gasteiger partial charge in [-0.1, -0.05) is 5.10 Å². The number of phenolic OH excluding ortho intramolecular Hbond substituents is 1. The molecule has 0 saturated heterocycles. The topological polar surface area (TPSA) is 81.0 Å². The molecule has 0 aliphatic carbocycles. The minimum absolute atomic E-state index is 0.131. The Hall–Kier alpha value is -2.06. The van der Waals surface area contributed by atoms with Crippen LogP contribution in [0.15, 0.2) is 51.8 Å². The lowest BCUT2D eigenvalue weighted by molar-refractivity contribution is 0.276. The van der Waals surface area contributed by atoms with E-state index < -0.39 is 0 Å². The highest BCUT2D eigenvalue weighted by molar-refractivity contribution is 9.11. The van der Waals surface area contributed by atoms with Crippen LogP contribution in [-0.4, -0.2) is 25.3 Å². The molecule has 1 aromatic carbocycles. The number of ether oxygens (including phenoxy) is 1. The van der Waals surface area contributed by atoms with Gasteiger partial charge in [-0.25, -0.2) is 4.98 Å². The molecular weight excluding hydrogens is 428 g/mol. The van der Waals surface area contributed by atoms with Crippen LogP contribution in [-0.2, 0) is 6.61 Å². The van der Waals surface area contributed by atoms with E-state index in [-0.39, 0.29) is 11.8 Å². The van der Waals surface area contributed by atoms with E-state index in [0.29, 0.717) is 21.2 Å². The van der Waals surface area contributed by atoms with Gasteiger partial charge in [0, 0.05) is 18.0 Å². The van der Waals surface area contributed by atoms with Gasteiger partial charge in [0.1, 0.15) is 18.1 Å². The number of aromatic nitrogens is 4. The first-order valence-electron chi connectivity index (χ1n) is 6.53. The minimum Gasteiger partial charge on any atom is -0.506 e. The SMILES string of the molecule is Oc1c(Br)cc(-c2cnc(OCc3ccncc3)nn2)cc1Br. The molecule has 8 heteroatoms. The number of benzene rings is 1. The van der Waals surface area contributed by atoms with Crippen molar-refractivity contribution in [1.82, 2.24) is 20.2 Å². The molecule has 0 amide bonds. The fraction of sp³-hybridized carbons (Fsp3) is 0.0667. The van der Waals surface area contributed by atoms with Crippen molar-refractivity contribution < 1.29 is 9.84 Å². The van der Waals surface area contributed by atoms with Gasteiger partial charge in [-0.2, -0.15) is 0 Å². The Morgan fingerprint density at radius 1 is 1.04 bits per heavy atom. The lowest BCUT2D eigenvalue weighted by Crippen LogP contribution is -2.01. The predicted molar refractivity (Wildman–Crippen MR) is 90.9 cm³/mol. The summed E-state index contributed by atoms with van der Waals surface area (Å²) < 4.78 is 6.59. The van der Waals surface area contributed by atoms with E-state index in [0.717, 1.165) is 11.1 Å². The van der Waals surface area contributed by atoms with Crippen molar-refractivity contribution in [3.05, 3.63) is 57.4 Å². The van der Waals surface area contributed by atoms with Crippen LogP contribution in [0.5, 0.6) is 11.8 Å². The van der Waals surface area contributed by atoms with Gasteiger partial charge in [-0.15, -0.1) is 5.10 Å². The van der Waals surface area contributed by atoms with E-state index in [4.69, 9.17) is 4.74 Å². The number of aromatic hydroxyl groups is 1. The van der Waals surface area contributed by atoms with Gasteiger partial charge >= 0.3 is 6.01 Å². The number of rotatable bonds is 4. The van der Waals surface area contributed by atoms with Crippen LogP contribution < -0.4 is 4.74 Å². The minimum atomic E-state index is 0.131. The second-order valence-electron chi connectivity index (χ2n) is 4.56. The maximum atomic E-state index is 9.73. The third-order valence-corrected chi connectivity index (χ3v) is 4.18. The Balaban J connectivity index is 1.74. The summed E-state index contributed by atoms with van der Waals surface area (Å²) in [7, 11) is 0. The Morgan fingerprint density at radius 2 is 1.74 bits per heavy atom. The van der Waals surface area contributed by atoms with Crippen molar-refractivity contribution in [3.63, 3.8) is 0 Å². The normalized spacial score (nSPS) is 10.5. The summed E-state index contributed by atoms with van der Waals surface area (Å²) >= 11 is 6.56. The number of hydrogen-bond donors (Lipinski definition) is 1. The zero-order chi connectivity index (χ0) is 16.2. The summed E-state index contributed by atoms with van der Waals surface area (Å²) in [6.45, 7) is 0.347. The molecule has 0 atom stereocenters. The average Bonchev–Trinajstić information content (AvgIpc) is 2.59. The summed E-state index contributed by atoms with van der Waals surface area (Å²) in [4.78, 5) is 8.09. The Labute approximate surface area is 148 Å². The van der Waals surface area contributed by atoms with Crippen molar-refractivity contribution in [2.45, 2.75) is 6.61 Å². The van der Waals surface area contributed by atoms with Gasteiger partial charge in [-0.3, -0.25) is 4.98 Å². The fourth-order valence-corrected chi connectivity index (χ4v) is 2.99. The average molecular weight is 438 g/mol. The van der Waals surface area contributed by atoms with Gasteiger partial charge in [0.25, 0.3) is 0 Å². The molecule has 2 heterocycles. The summed E-state index contributed by atoms with van der Waals surface area (Å²) in [5.74, 6) is 0.131. The lowest BCUT2D eigenvalue weighted by Gasteiger charge is -2.06. The molecule has 0 aliphatic heterocycles. The van der Waals surface area contributed by atoms with Gasteiger partial charge < -0.3 is 9.84 Å². The maximum absolute atomic E-state index is 9.73. The molecule has 0 radical (unpaired) electrons. The molecule has 23 heavy (non-hydrogen) atoms. The third kappa shape index (κ3) is 3.83. The molecule has 1 N–H and O–H groups in total. The van der Waals surface area contributed by atoms with Crippen LogP contribution in [0.3, 0.4) is 0 Å². The first-order valence-corrected chi connectivity index (χ1v) is 8.12. The Kier molecular flexibility index (Phi) is 4.82. The van der Waals surface area contributed by atoms with Crippen LogP contribution in [0.1, 0.15) is 5.56 Å². The second kappa shape index (κ2) is 7.01. The molecule has 0 unspecified atom stereocenters. The van der Waals surface area contributed by atoms with Crippen molar-refractivity contribution >= 4 is 31.9 Å². The number of halogens is 2. The standard InChI is InChI=1S/C15H10Br2N4O2/c16-11-5-10(6-12(17)14(11)22)13-7-19-15(21-20-13)23-8-9-1-3-18-4-2-9/h1-7,22H,8H2.